The summed E-state index contributed by atoms with van der Waals surface area (Å²) in [7, 11) is -2.34. The van der Waals surface area contributed by atoms with Gasteiger partial charge in [0.2, 0.25) is 0 Å². The zero-order chi connectivity index (χ0) is 21.3. The van der Waals surface area contributed by atoms with Crippen molar-refractivity contribution >= 4 is 27.3 Å². The predicted octanol–water partition coefficient (Wildman–Crippen LogP) is 3.37. The van der Waals surface area contributed by atoms with E-state index < -0.39 is 26.6 Å². The van der Waals surface area contributed by atoms with Gasteiger partial charge in [-0.05, 0) is 56.3 Å². The number of nitrogens with zero attached hydrogens (tertiary/aromatic N) is 2. The summed E-state index contributed by atoms with van der Waals surface area (Å²) in [4.78, 5) is 12.0. The highest BCUT2D eigenvalue weighted by molar-refractivity contribution is 7.92. The molecule has 1 amide bonds. The van der Waals surface area contributed by atoms with Crippen molar-refractivity contribution in [1.82, 2.24) is 9.78 Å². The van der Waals surface area contributed by atoms with Crippen LogP contribution in [0, 0.1) is 25.5 Å². The minimum absolute atomic E-state index is 0.167. The van der Waals surface area contributed by atoms with Crippen molar-refractivity contribution in [3.63, 3.8) is 0 Å². The van der Waals surface area contributed by atoms with Crippen LogP contribution >= 0.6 is 0 Å². The summed E-state index contributed by atoms with van der Waals surface area (Å²) in [5.41, 5.74) is 2.56. The van der Waals surface area contributed by atoms with Crippen LogP contribution in [0.1, 0.15) is 21.7 Å². The van der Waals surface area contributed by atoms with E-state index in [4.69, 9.17) is 0 Å². The number of anilines is 2. The second-order valence-corrected chi connectivity index (χ2v) is 8.06. The third kappa shape index (κ3) is 4.27. The van der Waals surface area contributed by atoms with Gasteiger partial charge in [0.15, 0.2) is 11.6 Å². The summed E-state index contributed by atoms with van der Waals surface area (Å²) < 4.78 is 54.9. The van der Waals surface area contributed by atoms with E-state index in [0.717, 1.165) is 17.8 Å². The molecule has 10 heteroatoms. The Kier molecular flexibility index (Phi) is 5.38. The Balaban J connectivity index is 1.75. The van der Waals surface area contributed by atoms with Gasteiger partial charge in [-0.3, -0.25) is 14.2 Å². The first-order valence-corrected chi connectivity index (χ1v) is 9.96. The summed E-state index contributed by atoms with van der Waals surface area (Å²) in [6.45, 7) is 3.60. The SMILES string of the molecule is Cc1nn(C)c(C)c1NC(=O)c1ccc(NS(=O)(=O)c2ccc(F)c(F)c2)cc1. The Bertz CT molecular complexity index is 1190. The topological polar surface area (TPSA) is 93.1 Å². The Morgan fingerprint density at radius 1 is 1.03 bits per heavy atom. The zero-order valence-electron chi connectivity index (χ0n) is 15.8. The summed E-state index contributed by atoms with van der Waals surface area (Å²) >= 11 is 0. The maximum absolute atomic E-state index is 13.3. The van der Waals surface area contributed by atoms with Crippen molar-refractivity contribution in [2.75, 3.05) is 10.0 Å². The molecule has 2 aromatic carbocycles. The lowest BCUT2D eigenvalue weighted by Crippen LogP contribution is -2.15. The number of hydrogen-bond donors (Lipinski definition) is 2. The maximum atomic E-state index is 13.3. The third-order valence-corrected chi connectivity index (χ3v) is 5.73. The molecular formula is C19H18F2N4O3S. The van der Waals surface area contributed by atoms with Crippen molar-refractivity contribution in [3.8, 4) is 0 Å². The fraction of sp³-hybridized carbons (Fsp3) is 0.158. The number of carbonyl (C=O) groups excluding carboxylic acids is 1. The molecule has 1 aromatic heterocycles. The Hall–Kier alpha value is -3.27. The van der Waals surface area contributed by atoms with Gasteiger partial charge in [-0.25, -0.2) is 17.2 Å². The summed E-state index contributed by atoms with van der Waals surface area (Å²) in [6, 6.07) is 7.97. The first-order valence-electron chi connectivity index (χ1n) is 8.48. The fourth-order valence-electron chi connectivity index (χ4n) is 2.69. The van der Waals surface area contributed by atoms with Crippen LogP contribution in [0.25, 0.3) is 0 Å². The van der Waals surface area contributed by atoms with Crippen molar-refractivity contribution in [3.05, 3.63) is 71.1 Å². The molecule has 7 nitrogen and oxygen atoms in total. The molecule has 2 N–H and O–H groups in total. The van der Waals surface area contributed by atoms with E-state index in [-0.39, 0.29) is 11.6 Å². The van der Waals surface area contributed by atoms with Gasteiger partial charge in [0, 0.05) is 18.3 Å². The number of aryl methyl sites for hydroxylation is 2. The highest BCUT2D eigenvalue weighted by Crippen LogP contribution is 2.21. The van der Waals surface area contributed by atoms with Crippen LogP contribution < -0.4 is 10.0 Å². The van der Waals surface area contributed by atoms with E-state index in [9.17, 15) is 22.0 Å². The summed E-state index contributed by atoms with van der Waals surface area (Å²) in [5, 5.41) is 7.01. The molecule has 3 rings (SSSR count). The van der Waals surface area contributed by atoms with E-state index in [1.165, 1.54) is 24.3 Å². The molecule has 0 unspecified atom stereocenters. The number of aromatic nitrogens is 2. The van der Waals surface area contributed by atoms with Gasteiger partial charge in [-0.1, -0.05) is 0 Å². The first-order chi connectivity index (χ1) is 13.6. The van der Waals surface area contributed by atoms with Crippen LogP contribution in [-0.4, -0.2) is 24.1 Å². The molecule has 0 radical (unpaired) electrons. The van der Waals surface area contributed by atoms with Crippen LogP contribution in [0.5, 0.6) is 0 Å². The van der Waals surface area contributed by atoms with Crippen molar-refractivity contribution in [2.45, 2.75) is 18.7 Å². The molecule has 0 fully saturated rings. The number of carbonyl (C=O) groups is 1. The second-order valence-electron chi connectivity index (χ2n) is 6.38. The average molecular weight is 420 g/mol. The van der Waals surface area contributed by atoms with Gasteiger partial charge < -0.3 is 5.32 Å². The highest BCUT2D eigenvalue weighted by atomic mass is 32.2. The van der Waals surface area contributed by atoms with Gasteiger partial charge in [0.05, 0.1) is 22.0 Å². The first kappa shape index (κ1) is 20.5. The Labute approximate surface area is 166 Å². The number of nitrogens with one attached hydrogen (secondary N) is 2. The summed E-state index contributed by atoms with van der Waals surface area (Å²) in [5.74, 6) is -2.78. The molecule has 0 aliphatic heterocycles. The standard InChI is InChI=1S/C19H18F2N4O3S/c1-11-18(12(2)25(3)23-11)22-19(26)13-4-6-14(7-5-13)24-29(27,28)15-8-9-16(20)17(21)10-15/h4-10,24H,1-3H3,(H,22,26). The second kappa shape index (κ2) is 7.63. The number of hydrogen-bond acceptors (Lipinski definition) is 4. The van der Waals surface area contributed by atoms with E-state index in [1.807, 2.05) is 6.92 Å². The molecule has 152 valence electrons. The fourth-order valence-corrected chi connectivity index (χ4v) is 3.76. The van der Waals surface area contributed by atoms with Crippen molar-refractivity contribution in [2.24, 2.45) is 7.05 Å². The van der Waals surface area contributed by atoms with Crippen LogP contribution in [-0.2, 0) is 17.1 Å². The Morgan fingerprint density at radius 2 is 1.69 bits per heavy atom. The van der Waals surface area contributed by atoms with Crippen molar-refractivity contribution in [1.29, 1.82) is 0 Å². The van der Waals surface area contributed by atoms with E-state index >= 15 is 0 Å². The molecule has 29 heavy (non-hydrogen) atoms. The minimum Gasteiger partial charge on any atom is -0.319 e. The van der Waals surface area contributed by atoms with Gasteiger partial charge in [-0.2, -0.15) is 5.10 Å². The number of rotatable bonds is 5. The van der Waals surface area contributed by atoms with Crippen LogP contribution in [0.15, 0.2) is 47.4 Å². The lowest BCUT2D eigenvalue weighted by molar-refractivity contribution is 0.102. The minimum atomic E-state index is -4.11. The largest absolute Gasteiger partial charge is 0.319 e. The lowest BCUT2D eigenvalue weighted by atomic mass is 10.2. The summed E-state index contributed by atoms with van der Waals surface area (Å²) in [6.07, 6.45) is 0. The quantitative estimate of drug-likeness (QED) is 0.662. The molecule has 3 aromatic rings. The molecule has 1 heterocycles. The lowest BCUT2D eigenvalue weighted by Gasteiger charge is -2.10. The van der Waals surface area contributed by atoms with Crippen LogP contribution in [0.4, 0.5) is 20.2 Å². The van der Waals surface area contributed by atoms with Gasteiger partial charge in [-0.15, -0.1) is 0 Å². The molecule has 0 saturated heterocycles. The number of sulfonamides is 1. The normalized spacial score (nSPS) is 11.3. The molecule has 0 spiro atoms. The van der Waals surface area contributed by atoms with Gasteiger partial charge in [0.1, 0.15) is 0 Å². The number of halogens is 2. The van der Waals surface area contributed by atoms with Gasteiger partial charge >= 0.3 is 0 Å². The third-order valence-electron chi connectivity index (χ3n) is 4.35. The molecule has 0 saturated carbocycles. The zero-order valence-corrected chi connectivity index (χ0v) is 16.6. The van der Waals surface area contributed by atoms with E-state index in [2.05, 4.69) is 15.1 Å². The molecule has 0 atom stereocenters. The van der Waals surface area contributed by atoms with E-state index in [1.54, 1.807) is 18.7 Å². The van der Waals surface area contributed by atoms with E-state index in [0.29, 0.717) is 23.0 Å². The molecule has 0 aliphatic carbocycles. The molecule has 0 aliphatic rings. The smallest absolute Gasteiger partial charge is 0.261 e. The van der Waals surface area contributed by atoms with Crippen LogP contribution in [0.3, 0.4) is 0 Å². The number of benzene rings is 2. The highest BCUT2D eigenvalue weighted by Gasteiger charge is 2.18. The monoisotopic (exact) mass is 420 g/mol. The molecular weight excluding hydrogens is 402 g/mol. The Morgan fingerprint density at radius 3 is 2.24 bits per heavy atom. The number of amides is 1. The molecule has 0 bridgehead atoms. The van der Waals surface area contributed by atoms with Crippen LogP contribution in [0.2, 0.25) is 0 Å². The predicted molar refractivity (Wildman–Crippen MR) is 104 cm³/mol. The average Bonchev–Trinajstić information content (AvgIpc) is 2.90. The van der Waals surface area contributed by atoms with Gasteiger partial charge in [0.25, 0.3) is 15.9 Å². The van der Waals surface area contributed by atoms with Crippen molar-refractivity contribution < 1.29 is 22.0 Å². The maximum Gasteiger partial charge on any atom is 0.261 e.